The zero-order valence-electron chi connectivity index (χ0n) is 16.2. The van der Waals surface area contributed by atoms with E-state index in [1.807, 2.05) is 13.8 Å². The molecule has 0 saturated carbocycles. The maximum Gasteiger partial charge on any atom is 0.309 e. The van der Waals surface area contributed by atoms with Gasteiger partial charge in [-0.1, -0.05) is 30.2 Å². The summed E-state index contributed by atoms with van der Waals surface area (Å²) in [6.07, 6.45) is 8.46. The van der Waals surface area contributed by atoms with Crippen molar-refractivity contribution in [1.82, 2.24) is 0 Å². The second kappa shape index (κ2) is 8.93. The van der Waals surface area contributed by atoms with Crippen molar-refractivity contribution >= 4 is 5.97 Å². The van der Waals surface area contributed by atoms with Crippen LogP contribution in [0.1, 0.15) is 57.6 Å². The highest BCUT2D eigenvalue weighted by molar-refractivity contribution is 5.74. The second-order valence-corrected chi connectivity index (χ2v) is 7.45. The average Bonchev–Trinajstić information content (AvgIpc) is 2.88. The molecular weight excluding hydrogens is 328 g/mol. The fourth-order valence-corrected chi connectivity index (χ4v) is 3.30. The Labute approximate surface area is 156 Å². The number of esters is 1. The standard InChI is InChI=1S/C22H30O4/c1-14(8-9-19-17(4)20(23)10-11-21(19)24)6-5-7-15(2)12-18-13-16(3)22(25)26-18/h7-8,10-11,16,18,23-24H,5-6,9,12-13H2,1-4H3/b14-8+,15-7+. The van der Waals surface area contributed by atoms with E-state index >= 15 is 0 Å². The predicted octanol–water partition coefficient (Wildman–Crippen LogP) is 4.96. The van der Waals surface area contributed by atoms with E-state index in [1.54, 1.807) is 0 Å². The minimum Gasteiger partial charge on any atom is -0.508 e. The summed E-state index contributed by atoms with van der Waals surface area (Å²) in [6.45, 7) is 7.90. The number of cyclic esters (lactones) is 1. The van der Waals surface area contributed by atoms with Gasteiger partial charge in [0.2, 0.25) is 0 Å². The first kappa shape index (κ1) is 20.1. The molecule has 0 aromatic heterocycles. The van der Waals surface area contributed by atoms with Crippen LogP contribution in [0.25, 0.3) is 0 Å². The van der Waals surface area contributed by atoms with Crippen molar-refractivity contribution in [3.05, 3.63) is 46.6 Å². The minimum atomic E-state index is -0.0768. The Hall–Kier alpha value is -2.23. The third-order valence-electron chi connectivity index (χ3n) is 5.08. The number of carbonyl (C=O) groups excluding carboxylic acids is 1. The quantitative estimate of drug-likeness (QED) is 0.410. The van der Waals surface area contributed by atoms with Gasteiger partial charge in [0.05, 0.1) is 5.92 Å². The van der Waals surface area contributed by atoms with Crippen LogP contribution in [-0.4, -0.2) is 22.3 Å². The van der Waals surface area contributed by atoms with E-state index in [-0.39, 0.29) is 29.5 Å². The maximum atomic E-state index is 11.4. The molecule has 2 unspecified atom stereocenters. The number of hydrogen-bond acceptors (Lipinski definition) is 4. The molecule has 4 nitrogen and oxygen atoms in total. The van der Waals surface area contributed by atoms with Gasteiger partial charge in [0.1, 0.15) is 17.6 Å². The molecule has 1 aromatic rings. The highest BCUT2D eigenvalue weighted by Gasteiger charge is 2.30. The van der Waals surface area contributed by atoms with Gasteiger partial charge >= 0.3 is 5.97 Å². The molecule has 1 aromatic carbocycles. The molecule has 0 spiro atoms. The van der Waals surface area contributed by atoms with E-state index in [4.69, 9.17) is 4.74 Å². The molecule has 26 heavy (non-hydrogen) atoms. The van der Waals surface area contributed by atoms with Crippen molar-refractivity contribution in [2.24, 2.45) is 5.92 Å². The number of allylic oxidation sites excluding steroid dienone is 3. The molecule has 1 saturated heterocycles. The summed E-state index contributed by atoms with van der Waals surface area (Å²) in [7, 11) is 0. The highest BCUT2D eigenvalue weighted by atomic mass is 16.5. The Morgan fingerprint density at radius 3 is 2.54 bits per heavy atom. The van der Waals surface area contributed by atoms with Crippen LogP contribution in [-0.2, 0) is 16.0 Å². The summed E-state index contributed by atoms with van der Waals surface area (Å²) >= 11 is 0. The van der Waals surface area contributed by atoms with E-state index < -0.39 is 0 Å². The van der Waals surface area contributed by atoms with Gasteiger partial charge in [-0.15, -0.1) is 0 Å². The summed E-state index contributed by atoms with van der Waals surface area (Å²) in [6, 6.07) is 3.05. The molecule has 0 radical (unpaired) electrons. The number of benzene rings is 1. The Morgan fingerprint density at radius 1 is 1.19 bits per heavy atom. The van der Waals surface area contributed by atoms with Gasteiger partial charge in [0.15, 0.2) is 0 Å². The Kier molecular flexibility index (Phi) is 6.90. The molecule has 1 fully saturated rings. The first-order valence-electron chi connectivity index (χ1n) is 9.30. The van der Waals surface area contributed by atoms with Crippen LogP contribution in [0.2, 0.25) is 0 Å². The summed E-state index contributed by atoms with van der Waals surface area (Å²) in [5, 5.41) is 19.7. The van der Waals surface area contributed by atoms with E-state index in [1.165, 1.54) is 23.3 Å². The largest absolute Gasteiger partial charge is 0.508 e. The van der Waals surface area contributed by atoms with E-state index in [0.29, 0.717) is 6.42 Å². The van der Waals surface area contributed by atoms with Crippen molar-refractivity contribution in [3.8, 4) is 11.5 Å². The smallest absolute Gasteiger partial charge is 0.309 e. The summed E-state index contributed by atoms with van der Waals surface area (Å²) in [5.41, 5.74) is 4.00. The van der Waals surface area contributed by atoms with Crippen LogP contribution in [0.4, 0.5) is 0 Å². The normalized spacial score (nSPS) is 21.2. The number of ether oxygens (including phenoxy) is 1. The first-order chi connectivity index (χ1) is 12.3. The molecule has 1 heterocycles. The fourth-order valence-electron chi connectivity index (χ4n) is 3.30. The number of phenolic OH excluding ortho intramolecular Hbond substituents is 2. The minimum absolute atomic E-state index is 0.0234. The van der Waals surface area contributed by atoms with Crippen LogP contribution < -0.4 is 0 Å². The monoisotopic (exact) mass is 358 g/mol. The SMILES string of the molecule is C/C(=C\Cc1c(O)ccc(O)c1C)CC/C=C(\C)CC1CC(C)C(=O)O1. The van der Waals surface area contributed by atoms with Crippen molar-refractivity contribution in [2.75, 3.05) is 0 Å². The van der Waals surface area contributed by atoms with Crippen LogP contribution >= 0.6 is 0 Å². The molecule has 142 valence electrons. The molecule has 2 atom stereocenters. The third kappa shape index (κ3) is 5.38. The number of phenols is 2. The zero-order chi connectivity index (χ0) is 19.3. The Balaban J connectivity index is 1.83. The molecular formula is C22H30O4. The van der Waals surface area contributed by atoms with Gasteiger partial charge in [-0.2, -0.15) is 0 Å². The highest BCUT2D eigenvalue weighted by Crippen LogP contribution is 2.29. The number of rotatable bonds is 7. The first-order valence-corrected chi connectivity index (χ1v) is 9.30. The molecule has 0 bridgehead atoms. The van der Waals surface area contributed by atoms with Crippen LogP contribution in [0.15, 0.2) is 35.4 Å². The number of carbonyl (C=O) groups is 1. The van der Waals surface area contributed by atoms with Crippen LogP contribution in [0.3, 0.4) is 0 Å². The summed E-state index contributed by atoms with van der Waals surface area (Å²) in [5.74, 6) is 0.382. The van der Waals surface area contributed by atoms with Crippen molar-refractivity contribution in [1.29, 1.82) is 0 Å². The lowest BCUT2D eigenvalue weighted by atomic mass is 9.99. The average molecular weight is 358 g/mol. The van der Waals surface area contributed by atoms with Crippen molar-refractivity contribution in [2.45, 2.75) is 65.9 Å². The lowest BCUT2D eigenvalue weighted by Gasteiger charge is -2.10. The van der Waals surface area contributed by atoms with Crippen molar-refractivity contribution < 1.29 is 19.7 Å². The van der Waals surface area contributed by atoms with E-state index in [0.717, 1.165) is 36.8 Å². The molecule has 2 rings (SSSR count). The lowest BCUT2D eigenvalue weighted by Crippen LogP contribution is -2.07. The van der Waals surface area contributed by atoms with Gasteiger partial charge in [-0.3, -0.25) is 4.79 Å². The second-order valence-electron chi connectivity index (χ2n) is 7.45. The van der Waals surface area contributed by atoms with E-state index in [2.05, 4.69) is 26.0 Å². The topological polar surface area (TPSA) is 66.8 Å². The fraction of sp³-hybridized carbons (Fsp3) is 0.500. The van der Waals surface area contributed by atoms with Gasteiger partial charge in [-0.25, -0.2) is 0 Å². The van der Waals surface area contributed by atoms with Crippen LogP contribution in [0.5, 0.6) is 11.5 Å². The molecule has 4 heteroatoms. The Bertz CT molecular complexity index is 715. The summed E-state index contributed by atoms with van der Waals surface area (Å²) < 4.78 is 5.36. The van der Waals surface area contributed by atoms with Gasteiger partial charge in [-0.05, 0) is 64.2 Å². The molecule has 0 amide bonds. The zero-order valence-corrected chi connectivity index (χ0v) is 16.2. The predicted molar refractivity (Wildman–Crippen MR) is 103 cm³/mol. The van der Waals surface area contributed by atoms with Gasteiger partial charge < -0.3 is 14.9 Å². The third-order valence-corrected chi connectivity index (χ3v) is 5.08. The van der Waals surface area contributed by atoms with Gasteiger partial charge in [0, 0.05) is 12.0 Å². The molecule has 1 aliphatic rings. The van der Waals surface area contributed by atoms with Crippen LogP contribution in [0, 0.1) is 12.8 Å². The Morgan fingerprint density at radius 2 is 1.88 bits per heavy atom. The number of aromatic hydroxyl groups is 2. The lowest BCUT2D eigenvalue weighted by molar-refractivity contribution is -0.143. The summed E-state index contributed by atoms with van der Waals surface area (Å²) in [4.78, 5) is 11.4. The molecule has 0 aliphatic carbocycles. The number of hydrogen-bond donors (Lipinski definition) is 2. The maximum absolute atomic E-state index is 11.4. The van der Waals surface area contributed by atoms with Crippen molar-refractivity contribution in [3.63, 3.8) is 0 Å². The van der Waals surface area contributed by atoms with Gasteiger partial charge in [0.25, 0.3) is 0 Å². The molecule has 1 aliphatic heterocycles. The molecule has 2 N–H and O–H groups in total. The van der Waals surface area contributed by atoms with E-state index in [9.17, 15) is 15.0 Å².